The maximum atomic E-state index is 13.3. The van der Waals surface area contributed by atoms with Crippen molar-refractivity contribution in [3.05, 3.63) is 81.9 Å². The molecular formula is C23H22ClFN2O3. The molecular weight excluding hydrogens is 407 g/mol. The number of nitrogens with zero attached hydrogens (tertiary/aromatic N) is 2. The van der Waals surface area contributed by atoms with Gasteiger partial charge in [-0.05, 0) is 49.8 Å². The third-order valence-corrected chi connectivity index (χ3v) is 4.97. The first-order valence-corrected chi connectivity index (χ1v) is 9.80. The van der Waals surface area contributed by atoms with Crippen LogP contribution in [0.3, 0.4) is 0 Å². The minimum Gasteiger partial charge on any atom is -0.496 e. The second-order valence-corrected chi connectivity index (χ2v) is 7.00. The molecule has 0 fully saturated rings. The number of hydrogen-bond donors (Lipinski definition) is 0. The van der Waals surface area contributed by atoms with E-state index in [-0.39, 0.29) is 17.4 Å². The summed E-state index contributed by atoms with van der Waals surface area (Å²) in [5.74, 6) is 0.481. The second kappa shape index (κ2) is 9.59. The van der Waals surface area contributed by atoms with E-state index in [2.05, 4.69) is 5.10 Å². The Balaban J connectivity index is 1.76. The van der Waals surface area contributed by atoms with Gasteiger partial charge in [0.15, 0.2) is 5.78 Å². The van der Waals surface area contributed by atoms with Crippen molar-refractivity contribution in [2.24, 2.45) is 0 Å². The summed E-state index contributed by atoms with van der Waals surface area (Å²) >= 11 is 5.80. The monoisotopic (exact) mass is 428 g/mol. The standard InChI is InChI=1S/C23H22ClFN2O3/c1-4-27-15(2)19(13-26-27)22(28)9-5-16-6-10-23(29-3)17(11-16)14-30-18-7-8-21(25)20(24)12-18/h5-13H,4,14H2,1-3H3/b9-5+. The Morgan fingerprint density at radius 2 is 2.07 bits per heavy atom. The summed E-state index contributed by atoms with van der Waals surface area (Å²) < 4.78 is 26.2. The lowest BCUT2D eigenvalue weighted by atomic mass is 10.1. The van der Waals surface area contributed by atoms with Crippen LogP contribution in [0.2, 0.25) is 5.02 Å². The van der Waals surface area contributed by atoms with E-state index in [1.165, 1.54) is 24.3 Å². The first-order chi connectivity index (χ1) is 14.4. The van der Waals surface area contributed by atoms with E-state index in [9.17, 15) is 9.18 Å². The summed E-state index contributed by atoms with van der Waals surface area (Å²) in [6.07, 6.45) is 4.85. The van der Waals surface area contributed by atoms with E-state index >= 15 is 0 Å². The van der Waals surface area contributed by atoms with Gasteiger partial charge in [0.1, 0.15) is 23.9 Å². The van der Waals surface area contributed by atoms with Gasteiger partial charge in [0.05, 0.1) is 23.9 Å². The molecule has 1 heterocycles. The van der Waals surface area contributed by atoms with Gasteiger partial charge < -0.3 is 9.47 Å². The molecule has 7 heteroatoms. The molecule has 0 amide bonds. The van der Waals surface area contributed by atoms with E-state index in [1.807, 2.05) is 26.0 Å². The van der Waals surface area contributed by atoms with Gasteiger partial charge >= 0.3 is 0 Å². The SMILES string of the molecule is CCn1ncc(C(=O)/C=C/c2ccc(OC)c(COc3ccc(F)c(Cl)c3)c2)c1C. The number of aromatic nitrogens is 2. The third-order valence-electron chi connectivity index (χ3n) is 4.69. The van der Waals surface area contributed by atoms with Crippen molar-refractivity contribution in [1.82, 2.24) is 9.78 Å². The maximum absolute atomic E-state index is 13.3. The molecule has 0 aliphatic carbocycles. The largest absolute Gasteiger partial charge is 0.496 e. The van der Waals surface area contributed by atoms with Gasteiger partial charge in [-0.25, -0.2) is 4.39 Å². The molecule has 0 atom stereocenters. The topological polar surface area (TPSA) is 53.4 Å². The van der Waals surface area contributed by atoms with Crippen molar-refractivity contribution < 1.29 is 18.7 Å². The van der Waals surface area contributed by atoms with Crippen LogP contribution in [0.1, 0.15) is 34.1 Å². The van der Waals surface area contributed by atoms with Crippen LogP contribution >= 0.6 is 11.6 Å². The molecule has 0 aliphatic heterocycles. The van der Waals surface area contributed by atoms with Crippen LogP contribution in [-0.4, -0.2) is 22.7 Å². The Hall–Kier alpha value is -3.12. The zero-order chi connectivity index (χ0) is 21.7. The van der Waals surface area contributed by atoms with Crippen LogP contribution in [0.4, 0.5) is 4.39 Å². The Kier molecular flexibility index (Phi) is 6.90. The van der Waals surface area contributed by atoms with E-state index in [0.29, 0.717) is 23.6 Å². The summed E-state index contributed by atoms with van der Waals surface area (Å²) in [5, 5.41) is 4.20. The van der Waals surface area contributed by atoms with Gasteiger partial charge in [-0.3, -0.25) is 9.48 Å². The molecule has 0 N–H and O–H groups in total. The van der Waals surface area contributed by atoms with E-state index in [1.54, 1.807) is 30.1 Å². The summed E-state index contributed by atoms with van der Waals surface area (Å²) in [6.45, 7) is 4.76. The summed E-state index contributed by atoms with van der Waals surface area (Å²) in [7, 11) is 1.57. The number of aryl methyl sites for hydroxylation is 1. The smallest absolute Gasteiger partial charge is 0.189 e. The molecule has 5 nitrogen and oxygen atoms in total. The van der Waals surface area contributed by atoms with Gasteiger partial charge in [-0.15, -0.1) is 0 Å². The molecule has 2 aromatic carbocycles. The molecule has 0 saturated heterocycles. The van der Waals surface area contributed by atoms with Gasteiger partial charge in [-0.1, -0.05) is 23.7 Å². The molecule has 0 radical (unpaired) electrons. The lowest BCUT2D eigenvalue weighted by molar-refractivity contribution is 0.104. The van der Waals surface area contributed by atoms with Crippen LogP contribution in [0.25, 0.3) is 6.08 Å². The molecule has 0 unspecified atom stereocenters. The van der Waals surface area contributed by atoms with Crippen molar-refractivity contribution in [2.45, 2.75) is 27.0 Å². The average molecular weight is 429 g/mol. The summed E-state index contributed by atoms with van der Waals surface area (Å²) in [4.78, 5) is 12.5. The normalized spacial score (nSPS) is 11.1. The highest BCUT2D eigenvalue weighted by Gasteiger charge is 2.11. The zero-order valence-corrected chi connectivity index (χ0v) is 17.7. The highest BCUT2D eigenvalue weighted by molar-refractivity contribution is 6.30. The Morgan fingerprint density at radius 3 is 2.73 bits per heavy atom. The van der Waals surface area contributed by atoms with Gasteiger partial charge in [0.25, 0.3) is 0 Å². The van der Waals surface area contributed by atoms with Crippen LogP contribution in [-0.2, 0) is 13.2 Å². The molecule has 0 saturated carbocycles. The van der Waals surface area contributed by atoms with E-state index < -0.39 is 5.82 Å². The number of halogens is 2. The summed E-state index contributed by atoms with van der Waals surface area (Å²) in [6, 6.07) is 9.71. The summed E-state index contributed by atoms with van der Waals surface area (Å²) in [5.41, 5.74) is 3.02. The molecule has 1 aromatic heterocycles. The molecule has 156 valence electrons. The fourth-order valence-corrected chi connectivity index (χ4v) is 3.18. The predicted octanol–water partition coefficient (Wildman–Crippen LogP) is 5.49. The number of carbonyl (C=O) groups excluding carboxylic acids is 1. The van der Waals surface area contributed by atoms with E-state index in [4.69, 9.17) is 21.1 Å². The first-order valence-electron chi connectivity index (χ1n) is 9.42. The number of carbonyl (C=O) groups is 1. The number of ketones is 1. The van der Waals surface area contributed by atoms with Crippen molar-refractivity contribution in [1.29, 1.82) is 0 Å². The fraction of sp³-hybridized carbons (Fsp3) is 0.217. The number of rotatable bonds is 8. The number of allylic oxidation sites excluding steroid dienone is 1. The van der Waals surface area contributed by atoms with Crippen LogP contribution in [0.5, 0.6) is 11.5 Å². The van der Waals surface area contributed by atoms with Crippen molar-refractivity contribution in [3.63, 3.8) is 0 Å². The second-order valence-electron chi connectivity index (χ2n) is 6.59. The number of methoxy groups -OCH3 is 1. The van der Waals surface area contributed by atoms with Crippen molar-refractivity contribution >= 4 is 23.5 Å². The molecule has 0 bridgehead atoms. The average Bonchev–Trinajstić information content (AvgIpc) is 3.13. The zero-order valence-electron chi connectivity index (χ0n) is 17.0. The molecule has 30 heavy (non-hydrogen) atoms. The Morgan fingerprint density at radius 1 is 1.27 bits per heavy atom. The number of hydrogen-bond acceptors (Lipinski definition) is 4. The maximum Gasteiger partial charge on any atom is 0.189 e. The molecule has 0 aliphatic rings. The van der Waals surface area contributed by atoms with E-state index in [0.717, 1.165) is 16.8 Å². The first kappa shape index (κ1) is 21.6. The third kappa shape index (κ3) is 4.89. The molecule has 3 rings (SSSR count). The number of benzene rings is 2. The van der Waals surface area contributed by atoms with Crippen LogP contribution < -0.4 is 9.47 Å². The molecule has 0 spiro atoms. The van der Waals surface area contributed by atoms with Crippen molar-refractivity contribution in [3.8, 4) is 11.5 Å². The van der Waals surface area contributed by atoms with Crippen LogP contribution in [0.15, 0.2) is 48.7 Å². The van der Waals surface area contributed by atoms with Crippen molar-refractivity contribution in [2.75, 3.05) is 7.11 Å². The Bertz CT molecular complexity index is 1090. The van der Waals surface area contributed by atoms with Gasteiger partial charge in [-0.2, -0.15) is 5.10 Å². The highest BCUT2D eigenvalue weighted by Crippen LogP contribution is 2.25. The van der Waals surface area contributed by atoms with Gasteiger partial charge in [0, 0.05) is 23.9 Å². The number of ether oxygens (including phenoxy) is 2. The molecule has 3 aromatic rings. The minimum atomic E-state index is -0.502. The lowest BCUT2D eigenvalue weighted by Crippen LogP contribution is -2.02. The highest BCUT2D eigenvalue weighted by atomic mass is 35.5. The predicted molar refractivity (Wildman–Crippen MR) is 115 cm³/mol. The van der Waals surface area contributed by atoms with Crippen LogP contribution in [0, 0.1) is 12.7 Å². The fourth-order valence-electron chi connectivity index (χ4n) is 3.01. The quantitative estimate of drug-likeness (QED) is 0.352. The van der Waals surface area contributed by atoms with Gasteiger partial charge in [0.2, 0.25) is 0 Å². The lowest BCUT2D eigenvalue weighted by Gasteiger charge is -2.11. The Labute approximate surface area is 179 Å². The minimum absolute atomic E-state index is 0.00338.